The Morgan fingerprint density at radius 3 is 2.56 bits per heavy atom. The normalized spacial score (nSPS) is 21.4. The SMILES string of the molecule is O=C(COC1CC(OC(F)(F)F)C1)NN1CCN(C(=O)NCc2cc3cc(Cl)ccc3o2)CC1. The van der Waals surface area contributed by atoms with Crippen LogP contribution in [0.3, 0.4) is 0 Å². The number of hydrogen-bond acceptors (Lipinski definition) is 6. The topological polar surface area (TPSA) is 96.3 Å². The Bertz CT molecular complexity index is 1020. The van der Waals surface area contributed by atoms with E-state index in [1.54, 1.807) is 28.1 Å². The number of furan rings is 1. The molecule has 1 aromatic carbocycles. The standard InChI is InChI=1S/C21H24ClF3N4O5/c22-14-1-2-18-13(7-14)8-17(33-18)11-26-20(31)28-3-5-29(6-4-28)27-19(30)12-32-15-9-16(10-15)34-21(23,24)25/h1-2,7-8,15-16H,3-6,9-12H2,(H,26,31)(H,27,30). The Morgan fingerprint density at radius 1 is 1.12 bits per heavy atom. The predicted molar refractivity (Wildman–Crippen MR) is 115 cm³/mol. The Kier molecular flexibility index (Phi) is 7.51. The third-order valence-electron chi connectivity index (χ3n) is 5.59. The number of nitrogens with zero attached hydrogens (tertiary/aromatic N) is 2. The molecule has 0 atom stereocenters. The number of urea groups is 1. The molecule has 2 N–H and O–H groups in total. The lowest BCUT2D eigenvalue weighted by Crippen LogP contribution is -2.57. The lowest BCUT2D eigenvalue weighted by molar-refractivity contribution is -0.357. The minimum atomic E-state index is -4.66. The maximum atomic E-state index is 12.4. The van der Waals surface area contributed by atoms with Gasteiger partial charge in [0, 0.05) is 49.4 Å². The fourth-order valence-corrected chi connectivity index (χ4v) is 3.97. The number of amides is 3. The van der Waals surface area contributed by atoms with Crippen LogP contribution in [0.1, 0.15) is 18.6 Å². The van der Waals surface area contributed by atoms with Crippen LogP contribution in [-0.2, 0) is 20.8 Å². The molecule has 9 nitrogen and oxygen atoms in total. The molecule has 2 fully saturated rings. The van der Waals surface area contributed by atoms with E-state index in [4.69, 9.17) is 20.8 Å². The second-order valence-electron chi connectivity index (χ2n) is 8.15. The average molecular weight is 505 g/mol. The molecule has 2 heterocycles. The summed E-state index contributed by atoms with van der Waals surface area (Å²) in [6.07, 6.45) is -5.81. The van der Waals surface area contributed by atoms with Crippen LogP contribution in [0.15, 0.2) is 28.7 Å². The number of hydrogen-bond donors (Lipinski definition) is 2. The van der Waals surface area contributed by atoms with Gasteiger partial charge in [0.2, 0.25) is 0 Å². The lowest BCUT2D eigenvalue weighted by atomic mass is 9.92. The van der Waals surface area contributed by atoms with Gasteiger partial charge in [-0.05, 0) is 24.3 Å². The molecule has 1 saturated carbocycles. The second-order valence-corrected chi connectivity index (χ2v) is 8.59. The van der Waals surface area contributed by atoms with E-state index >= 15 is 0 Å². The van der Waals surface area contributed by atoms with Gasteiger partial charge < -0.3 is 19.4 Å². The number of halogens is 4. The summed E-state index contributed by atoms with van der Waals surface area (Å²) in [4.78, 5) is 26.1. The number of fused-ring (bicyclic) bond motifs is 1. The van der Waals surface area contributed by atoms with Gasteiger partial charge in [-0.2, -0.15) is 0 Å². The average Bonchev–Trinajstić information content (AvgIpc) is 3.15. The highest BCUT2D eigenvalue weighted by Crippen LogP contribution is 2.32. The summed E-state index contributed by atoms with van der Waals surface area (Å²) in [5.41, 5.74) is 3.37. The molecule has 1 aliphatic carbocycles. The molecule has 0 unspecified atom stereocenters. The van der Waals surface area contributed by atoms with Crippen LogP contribution in [0.2, 0.25) is 5.02 Å². The predicted octanol–water partition coefficient (Wildman–Crippen LogP) is 3.03. The van der Waals surface area contributed by atoms with Crippen LogP contribution in [0.5, 0.6) is 0 Å². The minimum absolute atomic E-state index is 0.0996. The van der Waals surface area contributed by atoms with Gasteiger partial charge in [0.1, 0.15) is 18.0 Å². The highest BCUT2D eigenvalue weighted by Gasteiger charge is 2.40. The van der Waals surface area contributed by atoms with Gasteiger partial charge in [-0.25, -0.2) is 9.80 Å². The van der Waals surface area contributed by atoms with E-state index in [-0.39, 0.29) is 32.0 Å². The van der Waals surface area contributed by atoms with Crippen LogP contribution in [0, 0.1) is 0 Å². The molecular formula is C21H24ClF3N4O5. The van der Waals surface area contributed by atoms with Gasteiger partial charge in [0.15, 0.2) is 0 Å². The van der Waals surface area contributed by atoms with Crippen molar-refractivity contribution in [1.82, 2.24) is 20.7 Å². The number of carbonyl (C=O) groups is 2. The highest BCUT2D eigenvalue weighted by molar-refractivity contribution is 6.31. The van der Waals surface area contributed by atoms with Gasteiger partial charge in [-0.3, -0.25) is 15.0 Å². The number of benzene rings is 1. The van der Waals surface area contributed by atoms with Gasteiger partial charge in [0.05, 0.1) is 18.8 Å². The van der Waals surface area contributed by atoms with E-state index in [9.17, 15) is 22.8 Å². The number of rotatable bonds is 7. The molecule has 0 radical (unpaired) electrons. The van der Waals surface area contributed by atoms with Gasteiger partial charge in [0.25, 0.3) is 5.91 Å². The fourth-order valence-electron chi connectivity index (χ4n) is 3.79. The number of ether oxygens (including phenoxy) is 2. The molecule has 0 spiro atoms. The van der Waals surface area contributed by atoms with Crippen LogP contribution in [0.4, 0.5) is 18.0 Å². The van der Waals surface area contributed by atoms with Crippen molar-refractivity contribution in [3.8, 4) is 0 Å². The van der Waals surface area contributed by atoms with Crippen molar-refractivity contribution in [2.75, 3.05) is 32.8 Å². The van der Waals surface area contributed by atoms with Crippen LogP contribution < -0.4 is 10.7 Å². The van der Waals surface area contributed by atoms with E-state index in [0.717, 1.165) is 5.39 Å². The van der Waals surface area contributed by atoms with Crippen molar-refractivity contribution >= 4 is 34.5 Å². The van der Waals surface area contributed by atoms with E-state index in [1.165, 1.54) is 0 Å². The summed E-state index contributed by atoms with van der Waals surface area (Å²) in [6.45, 7) is 1.63. The first kappa shape index (κ1) is 24.6. The summed E-state index contributed by atoms with van der Waals surface area (Å²) in [5, 5.41) is 5.95. The summed E-state index contributed by atoms with van der Waals surface area (Å²) in [6, 6.07) is 6.87. The van der Waals surface area contributed by atoms with Gasteiger partial charge in [-0.1, -0.05) is 11.6 Å². The quantitative estimate of drug-likeness (QED) is 0.602. The maximum absolute atomic E-state index is 12.4. The molecule has 2 aromatic rings. The zero-order chi connectivity index (χ0) is 24.3. The molecule has 186 valence electrons. The van der Waals surface area contributed by atoms with Crippen molar-refractivity contribution in [3.05, 3.63) is 35.0 Å². The molecule has 34 heavy (non-hydrogen) atoms. The molecule has 0 bridgehead atoms. The summed E-state index contributed by atoms with van der Waals surface area (Å²) in [5.74, 6) is 0.211. The van der Waals surface area contributed by atoms with E-state index in [1.807, 2.05) is 6.07 Å². The molecule has 3 amide bonds. The van der Waals surface area contributed by atoms with E-state index < -0.39 is 24.5 Å². The zero-order valence-corrected chi connectivity index (χ0v) is 18.8. The first-order valence-electron chi connectivity index (χ1n) is 10.8. The van der Waals surface area contributed by atoms with Gasteiger partial charge >= 0.3 is 12.4 Å². The van der Waals surface area contributed by atoms with Crippen molar-refractivity contribution in [1.29, 1.82) is 0 Å². The van der Waals surface area contributed by atoms with Crippen molar-refractivity contribution in [2.24, 2.45) is 0 Å². The summed E-state index contributed by atoms with van der Waals surface area (Å²) < 4.78 is 51.2. The zero-order valence-electron chi connectivity index (χ0n) is 18.1. The van der Waals surface area contributed by atoms with Crippen LogP contribution >= 0.6 is 11.6 Å². The molecule has 1 saturated heterocycles. The fraction of sp³-hybridized carbons (Fsp3) is 0.524. The molecule has 1 aromatic heterocycles. The first-order chi connectivity index (χ1) is 16.1. The minimum Gasteiger partial charge on any atom is -0.459 e. The third-order valence-corrected chi connectivity index (χ3v) is 5.83. The molecular weight excluding hydrogens is 481 g/mol. The third kappa shape index (κ3) is 6.75. The van der Waals surface area contributed by atoms with Crippen molar-refractivity contribution in [3.63, 3.8) is 0 Å². The lowest BCUT2D eigenvalue weighted by Gasteiger charge is -2.36. The van der Waals surface area contributed by atoms with Crippen LogP contribution in [0.25, 0.3) is 11.0 Å². The number of nitrogens with one attached hydrogen (secondary N) is 2. The summed E-state index contributed by atoms with van der Waals surface area (Å²) in [7, 11) is 0. The Morgan fingerprint density at radius 2 is 1.85 bits per heavy atom. The monoisotopic (exact) mass is 504 g/mol. The Hall–Kier alpha value is -2.54. The molecule has 2 aliphatic rings. The van der Waals surface area contributed by atoms with Crippen molar-refractivity contribution in [2.45, 2.75) is 38.0 Å². The van der Waals surface area contributed by atoms with E-state index in [2.05, 4.69) is 15.5 Å². The molecule has 13 heteroatoms. The maximum Gasteiger partial charge on any atom is 0.522 e. The Balaban J connectivity index is 1.11. The van der Waals surface area contributed by atoms with Gasteiger partial charge in [-0.15, -0.1) is 13.2 Å². The number of alkyl halides is 3. The number of carbonyl (C=O) groups excluding carboxylic acids is 2. The second kappa shape index (κ2) is 10.4. The largest absolute Gasteiger partial charge is 0.522 e. The number of piperazine rings is 1. The van der Waals surface area contributed by atoms with E-state index in [0.29, 0.717) is 42.5 Å². The molecule has 4 rings (SSSR count). The highest BCUT2D eigenvalue weighted by atomic mass is 35.5. The Labute approximate surface area is 198 Å². The van der Waals surface area contributed by atoms with Crippen molar-refractivity contribution < 1.29 is 36.7 Å². The molecule has 1 aliphatic heterocycles. The number of hydrazine groups is 1. The summed E-state index contributed by atoms with van der Waals surface area (Å²) >= 11 is 5.97. The van der Waals surface area contributed by atoms with Crippen LogP contribution in [-0.4, -0.2) is 73.2 Å². The first-order valence-corrected chi connectivity index (χ1v) is 11.1. The smallest absolute Gasteiger partial charge is 0.459 e.